The molecule has 21 heteroatoms. The molecule has 3 fully saturated rings. The average molecular weight is 772 g/mol. The number of phenols is 2. The van der Waals surface area contributed by atoms with Crippen molar-refractivity contribution in [2.45, 2.75) is 43.3 Å². The number of nitrogens with one attached hydrogen (secondary N) is 1. The summed E-state index contributed by atoms with van der Waals surface area (Å²) in [5, 5.41) is 50.3. The summed E-state index contributed by atoms with van der Waals surface area (Å²) in [4.78, 5) is 75.9. The van der Waals surface area contributed by atoms with Crippen LogP contribution in [0, 0.1) is 0 Å². The van der Waals surface area contributed by atoms with Gasteiger partial charge in [0.05, 0.1) is 60.4 Å². The summed E-state index contributed by atoms with van der Waals surface area (Å²) in [7, 11) is 0. The van der Waals surface area contributed by atoms with Gasteiger partial charge >= 0.3 is 29.6 Å². The van der Waals surface area contributed by atoms with E-state index < -0.39 is 58.0 Å². The Bertz CT molecular complexity index is 1890. The molecular weight excluding hydrogens is 741 g/mol. The molecule has 5 N–H and O–H groups in total. The van der Waals surface area contributed by atoms with Crippen LogP contribution in [-0.4, -0.2) is 126 Å². The van der Waals surface area contributed by atoms with Gasteiger partial charge in [-0.15, -0.1) is 23.1 Å². The van der Waals surface area contributed by atoms with E-state index in [-0.39, 0.29) is 74.4 Å². The van der Waals surface area contributed by atoms with Crippen LogP contribution in [0.15, 0.2) is 33.9 Å². The number of carboxylic acids is 2. The first kappa shape index (κ1) is 38.6. The van der Waals surface area contributed by atoms with Gasteiger partial charge in [-0.25, -0.2) is 4.98 Å². The van der Waals surface area contributed by atoms with E-state index in [1.807, 2.05) is 0 Å². The number of nitrogen functional groups attached to an aromatic ring is 1. The van der Waals surface area contributed by atoms with Gasteiger partial charge in [-0.05, 0) is 26.0 Å². The topological polar surface area (TPSA) is 251 Å². The molecule has 1 aromatic carbocycles. The number of anilines is 1. The van der Waals surface area contributed by atoms with Gasteiger partial charge in [0.25, 0.3) is 17.7 Å². The van der Waals surface area contributed by atoms with Crippen molar-refractivity contribution in [1.82, 2.24) is 20.1 Å². The van der Waals surface area contributed by atoms with E-state index in [1.54, 1.807) is 4.90 Å². The van der Waals surface area contributed by atoms with Crippen LogP contribution >= 0.6 is 34.7 Å². The number of amides is 3. The van der Waals surface area contributed by atoms with Crippen LogP contribution in [0.1, 0.15) is 36.3 Å². The summed E-state index contributed by atoms with van der Waals surface area (Å²) in [5.74, 6) is -5.92. The second kappa shape index (κ2) is 14.4. The standard InChI is InChI=1S/C30H32ClN7O10S2.Na/c1-30(2,28(46)47)48-35-19(16-12-50-29(32)33-16)23(41)34-20-25(43)37-21(27(44)45)13(11-49-26(20)37)9-38-7-5-14(10-38)36(6-8-38)24(42)15-3-4-17(39)22(40)18(15)31;/h3-4,12,14,20,26H,5-11H2,1-2H3,(H6-,32,33,34,35,39,40,41,42,44,45,46,47);/q;+1/p-1/t14?,20-,26-,38?;/m1./s1. The number of benzene rings is 1. The number of carbonyl (C=O) groups excluding carboxylic acids is 5. The van der Waals surface area contributed by atoms with E-state index in [9.17, 15) is 44.4 Å². The molecule has 0 spiro atoms. The normalized spacial score (nSPS) is 24.3. The minimum absolute atomic E-state index is 0. The smallest absolute Gasteiger partial charge is 0.546 e. The number of halogens is 1. The summed E-state index contributed by atoms with van der Waals surface area (Å²) < 4.78 is 0.487. The Labute approximate surface area is 325 Å². The maximum absolute atomic E-state index is 13.4. The van der Waals surface area contributed by atoms with Crippen molar-refractivity contribution < 1.29 is 83.3 Å². The molecule has 2 bridgehead atoms. The second-order valence-corrected chi connectivity index (χ2v) is 15.2. The Kier molecular flexibility index (Phi) is 10.9. The summed E-state index contributed by atoms with van der Waals surface area (Å²) in [6, 6.07) is 1.21. The number of phenolic OH excluding ortho intramolecular Hbond substituents is 2. The van der Waals surface area contributed by atoms with E-state index in [4.69, 9.17) is 22.2 Å². The molecule has 0 aliphatic carbocycles. The number of thiazole rings is 1. The number of hydrogen-bond donors (Lipinski definition) is 4. The maximum atomic E-state index is 13.4. The first-order chi connectivity index (χ1) is 23.5. The molecule has 4 atom stereocenters. The second-order valence-electron chi connectivity index (χ2n) is 12.9. The van der Waals surface area contributed by atoms with Crippen LogP contribution in [0.25, 0.3) is 0 Å². The first-order valence-corrected chi connectivity index (χ1v) is 17.6. The molecule has 51 heavy (non-hydrogen) atoms. The molecule has 17 nitrogen and oxygen atoms in total. The predicted molar refractivity (Wildman–Crippen MR) is 174 cm³/mol. The Balaban J connectivity index is 0.00000504. The van der Waals surface area contributed by atoms with E-state index in [0.29, 0.717) is 49.2 Å². The molecule has 4 aliphatic heterocycles. The zero-order chi connectivity index (χ0) is 36.3. The van der Waals surface area contributed by atoms with Gasteiger partial charge in [0.15, 0.2) is 27.9 Å². The number of carboxylic acid groups (broad SMARTS) is 2. The van der Waals surface area contributed by atoms with Crippen molar-refractivity contribution in [3.63, 3.8) is 0 Å². The Morgan fingerprint density at radius 2 is 1.96 bits per heavy atom. The summed E-state index contributed by atoms with van der Waals surface area (Å²) in [6.45, 7) is 4.64. The summed E-state index contributed by atoms with van der Waals surface area (Å²) in [6.07, 6.45) is 0.631. The van der Waals surface area contributed by atoms with E-state index in [1.165, 1.54) is 43.1 Å². The Hall–Kier alpha value is -3.59. The average Bonchev–Trinajstić information content (AvgIpc) is 3.64. The largest absolute Gasteiger partial charge is 1.00 e. The number of carbonyl (C=O) groups is 5. The van der Waals surface area contributed by atoms with E-state index in [2.05, 4.69) is 15.5 Å². The Morgan fingerprint density at radius 3 is 2.61 bits per heavy atom. The minimum Gasteiger partial charge on any atom is -0.546 e. The Morgan fingerprint density at radius 1 is 1.24 bits per heavy atom. The number of nitrogens with zero attached hydrogens (tertiary/aromatic N) is 5. The fraction of sp³-hybridized carbons (Fsp3) is 0.433. The number of thioether (sulfide) groups is 1. The number of β-lactam (4-membered cyclic amide) rings is 1. The molecule has 4 aliphatic rings. The zero-order valence-corrected chi connectivity index (χ0v) is 32.0. The van der Waals surface area contributed by atoms with Gasteiger partial charge in [-0.1, -0.05) is 16.8 Å². The van der Waals surface area contributed by atoms with Crippen LogP contribution in [0.5, 0.6) is 11.5 Å². The fourth-order valence-electron chi connectivity index (χ4n) is 6.58. The third-order valence-corrected chi connectivity index (χ3v) is 11.7. The third-order valence-electron chi connectivity index (χ3n) is 9.27. The van der Waals surface area contributed by atoms with Crippen LogP contribution < -0.4 is 50.8 Å². The number of nitrogens with two attached hydrogens (primary N) is 1. The number of quaternary nitrogens is 1. The number of aromatic nitrogens is 1. The SMILES string of the molecule is CC(C)(O/N=C(\C(=O)N[C@@H]1C(=O)N2C(C(=O)[O-])=C(C[N+]34CCC(C3)N(C(=O)c3ccc(O)c(O)c3Cl)CC4)CS[C@H]12)c1csc(N)n1)C(=O)[O-].[Na+]. The van der Waals surface area contributed by atoms with E-state index in [0.717, 1.165) is 16.2 Å². The minimum atomic E-state index is -1.91. The number of hydrogen-bond acceptors (Lipinski definition) is 15. The molecule has 5 heterocycles. The molecule has 2 unspecified atom stereocenters. The molecule has 0 radical (unpaired) electrons. The van der Waals surface area contributed by atoms with Gasteiger partial charge in [0, 0.05) is 23.1 Å². The van der Waals surface area contributed by atoms with Crippen LogP contribution in [-0.2, 0) is 24.0 Å². The number of aliphatic carboxylic acids is 2. The predicted octanol–water partition coefficient (Wildman–Crippen LogP) is -4.81. The molecule has 0 saturated carbocycles. The number of rotatable bonds is 10. The monoisotopic (exact) mass is 771 g/mol. The van der Waals surface area contributed by atoms with Crippen LogP contribution in [0.3, 0.4) is 0 Å². The number of fused-ring (bicyclic) bond motifs is 3. The number of aromatic hydroxyl groups is 2. The molecule has 3 saturated heterocycles. The van der Waals surface area contributed by atoms with Crippen molar-refractivity contribution in [2.24, 2.45) is 5.16 Å². The van der Waals surface area contributed by atoms with Crippen molar-refractivity contribution in [3.05, 3.63) is 45.1 Å². The number of piperazine rings is 1. The summed E-state index contributed by atoms with van der Waals surface area (Å²) in [5.41, 5.74) is 3.62. The fourth-order valence-corrected chi connectivity index (χ4v) is 8.71. The quantitative estimate of drug-likeness (QED) is 0.0443. The molecule has 3 amide bonds. The molecular formula is C30H31ClN7NaO10S2. The van der Waals surface area contributed by atoms with Gasteiger partial charge < -0.3 is 55.3 Å². The van der Waals surface area contributed by atoms with Gasteiger partial charge in [-0.3, -0.25) is 19.3 Å². The molecule has 1 aromatic heterocycles. The number of oxime groups is 1. The van der Waals surface area contributed by atoms with Crippen molar-refractivity contribution in [3.8, 4) is 11.5 Å². The maximum Gasteiger partial charge on any atom is 1.00 e. The molecule has 6 rings (SSSR count). The van der Waals surface area contributed by atoms with Crippen LogP contribution in [0.4, 0.5) is 5.13 Å². The van der Waals surface area contributed by atoms with Gasteiger partial charge in [0.2, 0.25) is 0 Å². The first-order valence-electron chi connectivity index (χ1n) is 15.3. The zero-order valence-electron chi connectivity index (χ0n) is 27.6. The van der Waals surface area contributed by atoms with Crippen molar-refractivity contribution in [2.75, 3.05) is 44.2 Å². The molecule has 2 aromatic rings. The summed E-state index contributed by atoms with van der Waals surface area (Å²) >= 11 is 8.41. The van der Waals surface area contributed by atoms with Crippen LogP contribution in [0.2, 0.25) is 5.02 Å². The molecule has 266 valence electrons. The third kappa shape index (κ3) is 7.12. The van der Waals surface area contributed by atoms with Crippen molar-refractivity contribution >= 4 is 75.2 Å². The van der Waals surface area contributed by atoms with Crippen molar-refractivity contribution in [1.29, 1.82) is 0 Å². The van der Waals surface area contributed by atoms with Gasteiger partial charge in [0.1, 0.15) is 23.7 Å². The van der Waals surface area contributed by atoms with E-state index >= 15 is 0 Å². The van der Waals surface area contributed by atoms with Gasteiger partial charge in [-0.2, -0.15) is 0 Å².